The number of hydrogen-bond donors (Lipinski definition) is 2. The van der Waals surface area contributed by atoms with Crippen LogP contribution in [-0.2, 0) is 19.6 Å². The number of nitrogens with one attached hydrogen (secondary N) is 2. The number of carbonyl (C=O) groups excluding carboxylic acids is 2. The molecule has 1 aliphatic heterocycles. The van der Waals surface area contributed by atoms with E-state index in [1.807, 2.05) is 0 Å². The van der Waals surface area contributed by atoms with Crippen LogP contribution in [0.4, 0.5) is 0 Å². The summed E-state index contributed by atoms with van der Waals surface area (Å²) in [5.74, 6) is -1.39. The van der Waals surface area contributed by atoms with Crippen molar-refractivity contribution in [3.63, 3.8) is 0 Å². The molecule has 0 spiro atoms. The van der Waals surface area contributed by atoms with Crippen molar-refractivity contribution in [2.75, 3.05) is 6.54 Å². The van der Waals surface area contributed by atoms with Crippen molar-refractivity contribution in [2.24, 2.45) is 0 Å². The molecular formula is C10H13N3O5S2. The number of sulfonamides is 1. The van der Waals surface area contributed by atoms with Crippen molar-refractivity contribution < 1.29 is 18.0 Å². The number of aromatic nitrogens is 1. The first-order valence-electron chi connectivity index (χ1n) is 5.63. The molecule has 0 radical (unpaired) electrons. The quantitative estimate of drug-likeness (QED) is 0.690. The number of aromatic amines is 1. The van der Waals surface area contributed by atoms with Gasteiger partial charge in [0.15, 0.2) is 4.21 Å². The van der Waals surface area contributed by atoms with E-state index in [1.165, 1.54) is 20.8 Å². The Hall–Kier alpha value is -1.52. The Kier molecular flexibility index (Phi) is 3.35. The third-order valence-corrected chi connectivity index (χ3v) is 6.63. The number of carbonyl (C=O) groups is 2. The van der Waals surface area contributed by atoms with Gasteiger partial charge in [0.25, 0.3) is 10.0 Å². The van der Waals surface area contributed by atoms with Crippen LogP contribution in [0.2, 0.25) is 0 Å². The molecule has 20 heavy (non-hydrogen) atoms. The lowest BCUT2D eigenvalue weighted by Gasteiger charge is -2.38. The summed E-state index contributed by atoms with van der Waals surface area (Å²) in [6, 6.07) is 0. The van der Waals surface area contributed by atoms with Crippen LogP contribution in [0.25, 0.3) is 0 Å². The molecule has 2 N–H and O–H groups in total. The van der Waals surface area contributed by atoms with E-state index in [-0.39, 0.29) is 9.90 Å². The minimum absolute atomic E-state index is 0.182. The molecule has 8 nitrogen and oxygen atoms in total. The second-order valence-electron chi connectivity index (χ2n) is 4.87. The summed E-state index contributed by atoms with van der Waals surface area (Å²) in [4.78, 5) is 36.4. The Balaban J connectivity index is 2.58. The maximum absolute atomic E-state index is 12.6. The number of piperazine rings is 1. The van der Waals surface area contributed by atoms with Gasteiger partial charge in [0.1, 0.15) is 5.54 Å². The van der Waals surface area contributed by atoms with E-state index in [0.29, 0.717) is 11.3 Å². The van der Waals surface area contributed by atoms with Crippen LogP contribution in [-0.4, -0.2) is 41.6 Å². The highest BCUT2D eigenvalue weighted by Crippen LogP contribution is 2.29. The molecule has 1 aromatic rings. The predicted molar refractivity (Wildman–Crippen MR) is 70.8 cm³/mol. The van der Waals surface area contributed by atoms with E-state index < -0.39 is 38.8 Å². The topological polar surface area (TPSA) is 116 Å². The Morgan fingerprint density at radius 2 is 1.85 bits per heavy atom. The van der Waals surface area contributed by atoms with Gasteiger partial charge in [-0.05, 0) is 20.8 Å². The molecule has 0 aliphatic carbocycles. The van der Waals surface area contributed by atoms with E-state index in [2.05, 4.69) is 10.3 Å². The van der Waals surface area contributed by atoms with E-state index in [1.54, 1.807) is 0 Å². The third-order valence-electron chi connectivity index (χ3n) is 3.02. The summed E-state index contributed by atoms with van der Waals surface area (Å²) in [6.07, 6.45) is 0. The van der Waals surface area contributed by atoms with E-state index in [4.69, 9.17) is 0 Å². The fraction of sp³-hybridized carbons (Fsp3) is 0.500. The van der Waals surface area contributed by atoms with Gasteiger partial charge in [-0.1, -0.05) is 11.3 Å². The van der Waals surface area contributed by atoms with Crippen molar-refractivity contribution in [3.05, 3.63) is 15.4 Å². The summed E-state index contributed by atoms with van der Waals surface area (Å²) in [5, 5.41) is 2.09. The molecular weight excluding hydrogens is 306 g/mol. The van der Waals surface area contributed by atoms with Gasteiger partial charge in [-0.25, -0.2) is 8.42 Å². The molecule has 1 aromatic heterocycles. The number of H-pyrrole nitrogens is 1. The normalized spacial score (nSPS) is 19.9. The zero-order chi connectivity index (χ0) is 15.3. The molecule has 1 fully saturated rings. The van der Waals surface area contributed by atoms with Gasteiger partial charge in [-0.2, -0.15) is 4.31 Å². The highest BCUT2D eigenvalue weighted by molar-refractivity contribution is 7.91. The van der Waals surface area contributed by atoms with E-state index in [0.717, 1.165) is 4.31 Å². The minimum atomic E-state index is -4.11. The predicted octanol–water partition coefficient (Wildman–Crippen LogP) is -0.829. The summed E-state index contributed by atoms with van der Waals surface area (Å²) in [5.41, 5.74) is -1.22. The third kappa shape index (κ3) is 2.19. The lowest BCUT2D eigenvalue weighted by Crippen LogP contribution is -2.65. The number of thiazole rings is 1. The average Bonchev–Trinajstić information content (AvgIpc) is 2.64. The number of nitrogens with zero attached hydrogens (tertiary/aromatic N) is 1. The Bertz CT molecular complexity index is 743. The fourth-order valence-corrected chi connectivity index (χ4v) is 4.99. The number of rotatable bonds is 2. The standard InChI is InChI=1S/C10H13N3O5S2/c1-5-7(19-9(16)11-5)20(17,18)13-4-6(14)12-8(15)10(13,2)3/h4H2,1-3H3,(H,11,16)(H,12,14,15). The summed E-state index contributed by atoms with van der Waals surface area (Å²) in [6.45, 7) is 3.78. The van der Waals surface area contributed by atoms with E-state index in [9.17, 15) is 22.8 Å². The molecule has 0 bridgehead atoms. The molecule has 2 rings (SSSR count). The molecule has 0 saturated carbocycles. The van der Waals surface area contributed by atoms with Crippen LogP contribution in [0.1, 0.15) is 19.5 Å². The largest absolute Gasteiger partial charge is 0.315 e. The summed E-state index contributed by atoms with van der Waals surface area (Å²) in [7, 11) is -4.11. The van der Waals surface area contributed by atoms with Gasteiger partial charge < -0.3 is 4.98 Å². The van der Waals surface area contributed by atoms with Gasteiger partial charge in [0.2, 0.25) is 11.8 Å². The molecule has 2 heterocycles. The first-order valence-corrected chi connectivity index (χ1v) is 7.89. The monoisotopic (exact) mass is 319 g/mol. The van der Waals surface area contributed by atoms with Gasteiger partial charge in [0.05, 0.1) is 6.54 Å². The fourth-order valence-electron chi connectivity index (χ4n) is 1.88. The molecule has 10 heteroatoms. The van der Waals surface area contributed by atoms with Crippen molar-refractivity contribution in [3.8, 4) is 0 Å². The minimum Gasteiger partial charge on any atom is -0.315 e. The number of aryl methyl sites for hydroxylation is 1. The smallest absolute Gasteiger partial charge is 0.305 e. The number of imide groups is 1. The van der Waals surface area contributed by atoms with E-state index >= 15 is 0 Å². The van der Waals surface area contributed by atoms with Gasteiger partial charge >= 0.3 is 4.87 Å². The number of amides is 2. The lowest BCUT2D eigenvalue weighted by molar-refractivity contribution is -0.141. The van der Waals surface area contributed by atoms with Crippen LogP contribution in [0, 0.1) is 6.92 Å². The highest BCUT2D eigenvalue weighted by atomic mass is 32.2. The first kappa shape index (κ1) is 14.9. The van der Waals surface area contributed by atoms with Crippen LogP contribution in [0.15, 0.2) is 9.00 Å². The van der Waals surface area contributed by atoms with Crippen molar-refractivity contribution in [1.29, 1.82) is 0 Å². The second kappa shape index (κ2) is 4.50. The zero-order valence-electron chi connectivity index (χ0n) is 11.0. The van der Waals surface area contributed by atoms with Crippen LogP contribution < -0.4 is 10.2 Å². The van der Waals surface area contributed by atoms with Crippen LogP contribution in [0.5, 0.6) is 0 Å². The highest BCUT2D eigenvalue weighted by Gasteiger charge is 2.48. The zero-order valence-corrected chi connectivity index (χ0v) is 12.6. The Morgan fingerprint density at radius 1 is 1.25 bits per heavy atom. The Morgan fingerprint density at radius 3 is 2.35 bits per heavy atom. The van der Waals surface area contributed by atoms with Gasteiger partial charge in [-0.15, -0.1) is 0 Å². The van der Waals surface area contributed by atoms with Crippen LogP contribution in [0.3, 0.4) is 0 Å². The average molecular weight is 319 g/mol. The molecule has 2 amide bonds. The second-order valence-corrected chi connectivity index (χ2v) is 7.92. The Labute approximate surface area is 118 Å². The van der Waals surface area contributed by atoms with Crippen molar-refractivity contribution in [1.82, 2.24) is 14.6 Å². The summed E-state index contributed by atoms with van der Waals surface area (Å²) < 4.78 is 25.8. The van der Waals surface area contributed by atoms with Crippen molar-refractivity contribution in [2.45, 2.75) is 30.5 Å². The first-order chi connectivity index (χ1) is 9.06. The lowest BCUT2D eigenvalue weighted by atomic mass is 10.0. The molecule has 0 unspecified atom stereocenters. The van der Waals surface area contributed by atoms with Gasteiger partial charge in [-0.3, -0.25) is 19.7 Å². The van der Waals surface area contributed by atoms with Gasteiger partial charge in [0, 0.05) is 5.69 Å². The molecule has 1 saturated heterocycles. The van der Waals surface area contributed by atoms with Crippen LogP contribution >= 0.6 is 11.3 Å². The van der Waals surface area contributed by atoms with Crippen molar-refractivity contribution >= 4 is 33.2 Å². The maximum atomic E-state index is 12.6. The molecule has 1 aliphatic rings. The maximum Gasteiger partial charge on any atom is 0.305 e. The molecule has 0 aromatic carbocycles. The SMILES string of the molecule is Cc1[nH]c(=O)sc1S(=O)(=O)N1CC(=O)NC(=O)C1(C)C. The molecule has 0 atom stereocenters. The summed E-state index contributed by atoms with van der Waals surface area (Å²) >= 11 is 0.534. The number of hydrogen-bond acceptors (Lipinski definition) is 6. The molecule has 110 valence electrons.